The largest absolute Gasteiger partial charge is 0.480 e. The Hall–Kier alpha value is -0.650. The van der Waals surface area contributed by atoms with E-state index in [9.17, 15) is 9.90 Å². The Morgan fingerprint density at radius 3 is 2.60 bits per heavy atom. The molecule has 0 aromatic carbocycles. The number of piperazine rings is 1. The number of ether oxygens (including phenoxy) is 1. The number of rotatable bonds is 5. The minimum absolute atomic E-state index is 0.479. The topological polar surface area (TPSA) is 61.8 Å². The Morgan fingerprint density at radius 2 is 2.13 bits per heavy atom. The average Bonchev–Trinajstić information content (AvgIpc) is 2.27. The predicted octanol–water partition coefficient (Wildman–Crippen LogP) is -0.229. The fourth-order valence-corrected chi connectivity index (χ4v) is 1.86. The Bertz CT molecular complexity index is 217. The van der Waals surface area contributed by atoms with Crippen LogP contribution >= 0.6 is 0 Å². The molecule has 1 fully saturated rings. The van der Waals surface area contributed by atoms with Crippen molar-refractivity contribution in [2.45, 2.75) is 18.9 Å². The summed E-state index contributed by atoms with van der Waals surface area (Å²) in [6, 6.07) is 0. The third-order valence-corrected chi connectivity index (χ3v) is 3.07. The average molecular weight is 216 g/mol. The maximum absolute atomic E-state index is 11.3. The molecule has 1 aliphatic rings. The zero-order chi connectivity index (χ0) is 11.3. The van der Waals surface area contributed by atoms with Crippen LogP contribution in [0.3, 0.4) is 0 Å². The van der Waals surface area contributed by atoms with Crippen molar-refractivity contribution in [1.82, 2.24) is 10.2 Å². The summed E-state index contributed by atoms with van der Waals surface area (Å²) in [6.45, 7) is 5.54. The van der Waals surface area contributed by atoms with E-state index in [4.69, 9.17) is 4.74 Å². The van der Waals surface area contributed by atoms with E-state index in [1.54, 1.807) is 14.0 Å². The summed E-state index contributed by atoms with van der Waals surface area (Å²) in [7, 11) is 1.60. The molecule has 0 aliphatic carbocycles. The molecule has 1 heterocycles. The third-order valence-electron chi connectivity index (χ3n) is 3.07. The van der Waals surface area contributed by atoms with Crippen LogP contribution in [0.5, 0.6) is 0 Å². The monoisotopic (exact) mass is 216 g/mol. The van der Waals surface area contributed by atoms with Crippen molar-refractivity contribution < 1.29 is 14.6 Å². The van der Waals surface area contributed by atoms with Gasteiger partial charge in [0.15, 0.2) is 0 Å². The van der Waals surface area contributed by atoms with Crippen LogP contribution < -0.4 is 5.32 Å². The lowest BCUT2D eigenvalue weighted by molar-refractivity contribution is -0.152. The molecule has 1 atom stereocenters. The second-order valence-electron chi connectivity index (χ2n) is 4.06. The van der Waals surface area contributed by atoms with E-state index < -0.39 is 11.5 Å². The van der Waals surface area contributed by atoms with Crippen LogP contribution in [-0.4, -0.2) is 61.4 Å². The quantitative estimate of drug-likeness (QED) is 0.665. The molecule has 1 saturated heterocycles. The Kier molecular flexibility index (Phi) is 4.50. The van der Waals surface area contributed by atoms with E-state index in [2.05, 4.69) is 5.32 Å². The molecule has 0 aromatic heterocycles. The molecular formula is C10H20N2O3. The number of carboxylic acid groups (broad SMARTS) is 1. The van der Waals surface area contributed by atoms with Crippen molar-refractivity contribution in [1.29, 1.82) is 0 Å². The Labute approximate surface area is 90.4 Å². The highest BCUT2D eigenvalue weighted by Gasteiger charge is 2.39. The van der Waals surface area contributed by atoms with Crippen molar-refractivity contribution >= 4 is 5.97 Å². The molecule has 1 rings (SSSR count). The van der Waals surface area contributed by atoms with Gasteiger partial charge in [-0.15, -0.1) is 0 Å². The van der Waals surface area contributed by atoms with Crippen LogP contribution in [0.2, 0.25) is 0 Å². The van der Waals surface area contributed by atoms with Crippen molar-refractivity contribution in [3.63, 3.8) is 0 Å². The van der Waals surface area contributed by atoms with Crippen LogP contribution in [-0.2, 0) is 9.53 Å². The highest BCUT2D eigenvalue weighted by atomic mass is 16.5. The SMILES string of the molecule is COCCC(C)(C(=O)O)N1CCNCC1. The highest BCUT2D eigenvalue weighted by molar-refractivity contribution is 5.78. The van der Waals surface area contributed by atoms with E-state index in [-0.39, 0.29) is 0 Å². The van der Waals surface area contributed by atoms with Crippen LogP contribution in [0.4, 0.5) is 0 Å². The number of hydrogen-bond donors (Lipinski definition) is 2. The number of methoxy groups -OCH3 is 1. The van der Waals surface area contributed by atoms with Crippen LogP contribution in [0.25, 0.3) is 0 Å². The van der Waals surface area contributed by atoms with Gasteiger partial charge in [-0.2, -0.15) is 0 Å². The molecule has 1 unspecified atom stereocenters. The third kappa shape index (κ3) is 2.90. The smallest absolute Gasteiger partial charge is 0.323 e. The standard InChI is InChI=1S/C10H20N2O3/c1-10(9(13)14,3-8-15-2)12-6-4-11-5-7-12/h11H,3-8H2,1-2H3,(H,13,14). The lowest BCUT2D eigenvalue weighted by atomic mass is 9.95. The zero-order valence-electron chi connectivity index (χ0n) is 9.45. The molecule has 0 radical (unpaired) electrons. The first-order valence-corrected chi connectivity index (χ1v) is 5.29. The van der Waals surface area contributed by atoms with Crippen LogP contribution in [0.1, 0.15) is 13.3 Å². The van der Waals surface area contributed by atoms with Gasteiger partial charge in [-0.1, -0.05) is 0 Å². The molecule has 0 aromatic rings. The van der Waals surface area contributed by atoms with Gasteiger partial charge in [-0.05, 0) is 13.3 Å². The van der Waals surface area contributed by atoms with E-state index >= 15 is 0 Å². The summed E-state index contributed by atoms with van der Waals surface area (Å²) in [6.07, 6.45) is 0.527. The first kappa shape index (κ1) is 12.4. The van der Waals surface area contributed by atoms with Gasteiger partial charge < -0.3 is 15.2 Å². The number of nitrogens with zero attached hydrogens (tertiary/aromatic N) is 1. The first-order chi connectivity index (χ1) is 7.11. The van der Waals surface area contributed by atoms with Gasteiger partial charge >= 0.3 is 5.97 Å². The summed E-state index contributed by atoms with van der Waals surface area (Å²) in [5, 5.41) is 12.5. The van der Waals surface area contributed by atoms with Crippen molar-refractivity contribution in [2.24, 2.45) is 0 Å². The summed E-state index contributed by atoms with van der Waals surface area (Å²) < 4.78 is 4.97. The van der Waals surface area contributed by atoms with Gasteiger partial charge in [-0.25, -0.2) is 0 Å². The second-order valence-corrected chi connectivity index (χ2v) is 4.06. The van der Waals surface area contributed by atoms with Gasteiger partial charge in [0, 0.05) is 39.9 Å². The normalized spacial score (nSPS) is 22.3. The summed E-state index contributed by atoms with van der Waals surface area (Å²) in [5.41, 5.74) is -0.794. The zero-order valence-corrected chi connectivity index (χ0v) is 9.45. The van der Waals surface area contributed by atoms with Gasteiger partial charge in [-0.3, -0.25) is 9.69 Å². The molecule has 5 heteroatoms. The summed E-state index contributed by atoms with van der Waals surface area (Å²) in [4.78, 5) is 13.3. The molecule has 0 amide bonds. The number of carbonyl (C=O) groups is 1. The number of nitrogens with one attached hydrogen (secondary N) is 1. The van der Waals surface area contributed by atoms with Gasteiger partial charge in [0.1, 0.15) is 5.54 Å². The lowest BCUT2D eigenvalue weighted by Gasteiger charge is -2.40. The van der Waals surface area contributed by atoms with Crippen LogP contribution in [0.15, 0.2) is 0 Å². The van der Waals surface area contributed by atoms with E-state index in [1.165, 1.54) is 0 Å². The van der Waals surface area contributed by atoms with Gasteiger partial charge in [0.2, 0.25) is 0 Å². The first-order valence-electron chi connectivity index (χ1n) is 5.29. The minimum atomic E-state index is -0.794. The number of hydrogen-bond acceptors (Lipinski definition) is 4. The molecule has 0 saturated carbocycles. The van der Waals surface area contributed by atoms with E-state index in [0.29, 0.717) is 13.0 Å². The van der Waals surface area contributed by atoms with E-state index in [1.807, 2.05) is 4.90 Å². The Balaban J connectivity index is 2.65. The molecule has 5 nitrogen and oxygen atoms in total. The molecule has 0 bridgehead atoms. The van der Waals surface area contributed by atoms with Gasteiger partial charge in [0.25, 0.3) is 0 Å². The highest BCUT2D eigenvalue weighted by Crippen LogP contribution is 2.20. The van der Waals surface area contributed by atoms with E-state index in [0.717, 1.165) is 26.2 Å². The maximum atomic E-state index is 11.3. The predicted molar refractivity (Wildman–Crippen MR) is 57.0 cm³/mol. The Morgan fingerprint density at radius 1 is 1.53 bits per heavy atom. The molecule has 2 N–H and O–H groups in total. The molecule has 88 valence electrons. The second kappa shape index (κ2) is 5.44. The lowest BCUT2D eigenvalue weighted by Crippen LogP contribution is -2.59. The van der Waals surface area contributed by atoms with Crippen molar-refractivity contribution in [3.8, 4) is 0 Å². The number of aliphatic carboxylic acids is 1. The molecule has 0 spiro atoms. The maximum Gasteiger partial charge on any atom is 0.323 e. The fraction of sp³-hybridized carbons (Fsp3) is 0.900. The van der Waals surface area contributed by atoms with Crippen LogP contribution in [0, 0.1) is 0 Å². The molecular weight excluding hydrogens is 196 g/mol. The number of carboxylic acids is 1. The molecule has 1 aliphatic heterocycles. The van der Waals surface area contributed by atoms with Gasteiger partial charge in [0.05, 0.1) is 0 Å². The fourth-order valence-electron chi connectivity index (χ4n) is 1.86. The molecule has 15 heavy (non-hydrogen) atoms. The summed E-state index contributed by atoms with van der Waals surface area (Å²) >= 11 is 0. The summed E-state index contributed by atoms with van der Waals surface area (Å²) in [5.74, 6) is -0.763. The van der Waals surface area contributed by atoms with Crippen molar-refractivity contribution in [3.05, 3.63) is 0 Å². The minimum Gasteiger partial charge on any atom is -0.480 e. The van der Waals surface area contributed by atoms with Crippen molar-refractivity contribution in [2.75, 3.05) is 39.9 Å².